The van der Waals surface area contributed by atoms with Gasteiger partial charge in [0.05, 0.1) is 22.0 Å². The fourth-order valence-electron chi connectivity index (χ4n) is 4.22. The molecule has 1 unspecified atom stereocenters. The molecular formula is C24H34Cl2N4O4S. The summed E-state index contributed by atoms with van der Waals surface area (Å²) >= 11 is 11.3. The lowest BCUT2D eigenvalue weighted by molar-refractivity contribution is -0.136. The van der Waals surface area contributed by atoms with E-state index in [2.05, 4.69) is 21.9 Å². The van der Waals surface area contributed by atoms with Crippen molar-refractivity contribution in [1.29, 1.82) is 0 Å². The molecule has 3 rings (SSSR count). The second kappa shape index (κ2) is 12.1. The van der Waals surface area contributed by atoms with Gasteiger partial charge in [-0.2, -0.15) is 0 Å². The fourth-order valence-corrected chi connectivity index (χ4v) is 5.45. The second-order valence-corrected chi connectivity index (χ2v) is 12.6. The van der Waals surface area contributed by atoms with E-state index in [9.17, 15) is 14.1 Å². The minimum atomic E-state index is -1.35. The quantitative estimate of drug-likeness (QED) is 0.340. The third kappa shape index (κ3) is 7.20. The fraction of sp³-hybridized carbons (Fsp3) is 0.583. The van der Waals surface area contributed by atoms with Crippen molar-refractivity contribution < 1.29 is 18.9 Å². The van der Waals surface area contributed by atoms with Gasteiger partial charge in [-0.25, -0.2) is 4.79 Å². The van der Waals surface area contributed by atoms with Crippen molar-refractivity contribution in [2.45, 2.75) is 44.4 Å². The summed E-state index contributed by atoms with van der Waals surface area (Å²) in [5, 5.41) is 6.13. The molecule has 1 aromatic rings. The number of carbonyl (C=O) groups is 2. The molecule has 2 fully saturated rings. The number of carbonyl (C=O) groups excluding carboxylic acids is 2. The zero-order chi connectivity index (χ0) is 25.8. The van der Waals surface area contributed by atoms with Crippen LogP contribution in [0.25, 0.3) is 0 Å². The van der Waals surface area contributed by atoms with Crippen LogP contribution in [-0.4, -0.2) is 58.9 Å². The lowest BCUT2D eigenvalue weighted by Crippen LogP contribution is -2.55. The second-order valence-electron chi connectivity index (χ2n) is 9.83. The molecule has 2 aliphatic heterocycles. The number of hydrogen-bond acceptors (Lipinski definition) is 5. The summed E-state index contributed by atoms with van der Waals surface area (Å²) in [7, 11) is 0. The average Bonchev–Trinajstić information content (AvgIpc) is 2.82. The van der Waals surface area contributed by atoms with Gasteiger partial charge in [0.15, 0.2) is 0 Å². The van der Waals surface area contributed by atoms with E-state index in [1.807, 2.05) is 25.7 Å². The summed E-state index contributed by atoms with van der Waals surface area (Å²) in [5.41, 5.74) is 0.780. The molecule has 2 saturated heterocycles. The molecule has 0 spiro atoms. The lowest BCUT2D eigenvalue weighted by Gasteiger charge is -2.39. The van der Waals surface area contributed by atoms with Crippen LogP contribution in [0.5, 0.6) is 5.75 Å². The summed E-state index contributed by atoms with van der Waals surface area (Å²) in [6, 6.07) is 2.89. The highest BCUT2D eigenvalue weighted by Gasteiger charge is 2.38. The van der Waals surface area contributed by atoms with Gasteiger partial charge < -0.3 is 24.8 Å². The Hall–Kier alpha value is -1.65. The first-order valence-electron chi connectivity index (χ1n) is 11.7. The van der Waals surface area contributed by atoms with Crippen molar-refractivity contribution in [1.82, 2.24) is 20.3 Å². The number of piperidine rings is 1. The maximum Gasteiger partial charge on any atom is 0.314 e. The van der Waals surface area contributed by atoms with Crippen molar-refractivity contribution in [3.8, 4) is 5.75 Å². The molecule has 2 atom stereocenters. The first kappa shape index (κ1) is 27.9. The predicted octanol–water partition coefficient (Wildman–Crippen LogP) is 3.82. The minimum Gasteiger partial charge on any atom is -0.598 e. The molecule has 35 heavy (non-hydrogen) atoms. The molecule has 0 radical (unpaired) electrons. The highest BCUT2D eigenvalue weighted by Crippen LogP contribution is 2.41. The largest absolute Gasteiger partial charge is 0.598 e. The number of benzene rings is 1. The minimum absolute atomic E-state index is 0.0308. The summed E-state index contributed by atoms with van der Waals surface area (Å²) in [6.07, 6.45) is 3.06. The van der Waals surface area contributed by atoms with E-state index in [4.69, 9.17) is 27.9 Å². The molecule has 0 aliphatic carbocycles. The maximum absolute atomic E-state index is 13.2. The van der Waals surface area contributed by atoms with Gasteiger partial charge in [0, 0.05) is 49.2 Å². The van der Waals surface area contributed by atoms with Gasteiger partial charge in [0.2, 0.25) is 5.91 Å². The van der Waals surface area contributed by atoms with Gasteiger partial charge in [-0.05, 0) is 45.6 Å². The zero-order valence-electron chi connectivity index (χ0n) is 20.4. The van der Waals surface area contributed by atoms with Crippen LogP contribution < -0.4 is 20.1 Å². The Morgan fingerprint density at radius 3 is 2.46 bits per heavy atom. The molecule has 0 aromatic heterocycles. The number of amides is 3. The third-order valence-corrected chi connectivity index (χ3v) is 8.53. The highest BCUT2D eigenvalue weighted by molar-refractivity contribution is 7.90. The Kier molecular flexibility index (Phi) is 9.62. The summed E-state index contributed by atoms with van der Waals surface area (Å²) in [5.74, 6) is 0.395. The lowest BCUT2D eigenvalue weighted by atomic mass is 9.85. The van der Waals surface area contributed by atoms with E-state index in [1.54, 1.807) is 18.2 Å². The average molecular weight is 546 g/mol. The maximum atomic E-state index is 13.2. The molecule has 3 N–H and O–H groups in total. The number of ether oxygens (including phenoxy) is 1. The van der Waals surface area contributed by atoms with Crippen LogP contribution in [0.4, 0.5) is 4.79 Å². The van der Waals surface area contributed by atoms with E-state index in [0.717, 1.165) is 5.56 Å². The predicted molar refractivity (Wildman–Crippen MR) is 140 cm³/mol. The Morgan fingerprint density at radius 1 is 1.29 bits per heavy atom. The zero-order valence-corrected chi connectivity index (χ0v) is 22.7. The third-order valence-electron chi connectivity index (χ3n) is 6.22. The van der Waals surface area contributed by atoms with Crippen LogP contribution >= 0.6 is 23.2 Å². The summed E-state index contributed by atoms with van der Waals surface area (Å²) in [6.45, 7) is 11.6. The van der Waals surface area contributed by atoms with Gasteiger partial charge in [0.25, 0.3) is 0 Å². The van der Waals surface area contributed by atoms with Gasteiger partial charge in [-0.1, -0.05) is 35.9 Å². The van der Waals surface area contributed by atoms with Gasteiger partial charge >= 0.3 is 6.03 Å². The standard InChI is InChI=1S/C24H34Cl2N4O4S/c1-5-10-34-20-12-19(26)18(25)11-17(20)21(29-35(33)24(2,3)4)15-6-8-30(9-7-15)22(31)16-13-27-23(32)28-14-16/h5,11-12,15-16,21,29H,1,6-10,13-14H2,2-4H3,(H2,27,28,32)/t21?,35-/m0/s1. The number of nitrogens with zero attached hydrogens (tertiary/aromatic N) is 1. The van der Waals surface area contributed by atoms with E-state index in [0.29, 0.717) is 61.4 Å². The Labute approximate surface area is 220 Å². The molecule has 11 heteroatoms. The smallest absolute Gasteiger partial charge is 0.314 e. The molecule has 2 heterocycles. The normalized spacial score (nSPS) is 19.5. The van der Waals surface area contributed by atoms with E-state index < -0.39 is 16.1 Å². The number of nitrogens with one attached hydrogen (secondary N) is 3. The van der Waals surface area contributed by atoms with Crippen LogP contribution in [0, 0.1) is 11.8 Å². The van der Waals surface area contributed by atoms with Crippen molar-refractivity contribution in [3.63, 3.8) is 0 Å². The molecule has 2 aliphatic rings. The van der Waals surface area contributed by atoms with Crippen molar-refractivity contribution in [2.75, 3.05) is 32.8 Å². The van der Waals surface area contributed by atoms with Gasteiger partial charge in [-0.3, -0.25) is 4.79 Å². The highest BCUT2D eigenvalue weighted by atomic mass is 35.5. The van der Waals surface area contributed by atoms with Crippen LogP contribution in [0.2, 0.25) is 10.0 Å². The molecule has 194 valence electrons. The number of urea groups is 1. The van der Waals surface area contributed by atoms with Gasteiger partial charge in [-0.15, -0.1) is 4.72 Å². The van der Waals surface area contributed by atoms with E-state index in [1.165, 1.54) is 0 Å². The molecule has 8 nitrogen and oxygen atoms in total. The van der Waals surface area contributed by atoms with Crippen LogP contribution in [-0.2, 0) is 16.2 Å². The molecule has 0 saturated carbocycles. The summed E-state index contributed by atoms with van der Waals surface area (Å²) in [4.78, 5) is 26.2. The number of likely N-dealkylation sites (tertiary alicyclic amines) is 1. The van der Waals surface area contributed by atoms with Crippen LogP contribution in [0.3, 0.4) is 0 Å². The van der Waals surface area contributed by atoms with Crippen molar-refractivity contribution >= 4 is 46.5 Å². The first-order valence-corrected chi connectivity index (χ1v) is 13.6. The van der Waals surface area contributed by atoms with Gasteiger partial charge in [0.1, 0.15) is 17.1 Å². The van der Waals surface area contributed by atoms with E-state index in [-0.39, 0.29) is 29.8 Å². The number of halogens is 2. The molecule has 0 bridgehead atoms. The number of hydrogen-bond donors (Lipinski definition) is 3. The van der Waals surface area contributed by atoms with Crippen LogP contribution in [0.1, 0.15) is 45.2 Å². The Morgan fingerprint density at radius 2 is 1.89 bits per heavy atom. The molecule has 1 aromatic carbocycles. The Balaban J connectivity index is 1.81. The van der Waals surface area contributed by atoms with E-state index >= 15 is 0 Å². The molecule has 3 amide bonds. The first-order chi connectivity index (χ1) is 16.5. The monoisotopic (exact) mass is 544 g/mol. The number of rotatable bonds is 8. The van der Waals surface area contributed by atoms with Crippen LogP contribution in [0.15, 0.2) is 24.8 Å². The Bertz CT molecular complexity index is 925. The van der Waals surface area contributed by atoms with Crippen molar-refractivity contribution in [2.24, 2.45) is 11.8 Å². The topological polar surface area (TPSA) is 106 Å². The summed E-state index contributed by atoms with van der Waals surface area (Å²) < 4.78 is 21.9. The van der Waals surface area contributed by atoms with Crippen molar-refractivity contribution in [3.05, 3.63) is 40.4 Å². The molecular weight excluding hydrogens is 511 g/mol. The SMILES string of the molecule is C=CCOc1cc(Cl)c(Cl)cc1C(N[S@@+]([O-])C(C)(C)C)C1CCN(C(=O)C2CNC(=O)NC2)CC1.